The van der Waals surface area contributed by atoms with Gasteiger partial charge in [-0.05, 0) is 25.5 Å². The molecule has 2 heterocycles. The number of carboxylic acids is 1. The van der Waals surface area contributed by atoms with Crippen molar-refractivity contribution < 1.29 is 14.7 Å². The molecule has 0 saturated carbocycles. The highest BCUT2D eigenvalue weighted by Crippen LogP contribution is 2.30. The molecule has 1 aliphatic heterocycles. The van der Waals surface area contributed by atoms with Gasteiger partial charge in [0.1, 0.15) is 5.82 Å². The monoisotopic (exact) mass is 328 g/mol. The first-order chi connectivity index (χ1) is 11.4. The fourth-order valence-electron chi connectivity index (χ4n) is 2.89. The molecule has 0 radical (unpaired) electrons. The lowest BCUT2D eigenvalue weighted by Gasteiger charge is -2.19. The van der Waals surface area contributed by atoms with E-state index in [0.717, 1.165) is 5.69 Å². The summed E-state index contributed by atoms with van der Waals surface area (Å²) < 4.78 is 1.67. The number of nitrogens with zero attached hydrogens (tertiary/aromatic N) is 4. The summed E-state index contributed by atoms with van der Waals surface area (Å²) in [5, 5.41) is 13.7. The molecule has 3 rings (SSSR count). The smallest absolute Gasteiger partial charge is 0.311 e. The number of benzene rings is 1. The maximum absolute atomic E-state index is 12.7. The molecule has 1 atom stereocenters. The van der Waals surface area contributed by atoms with Crippen molar-refractivity contribution in [1.29, 1.82) is 0 Å². The van der Waals surface area contributed by atoms with Crippen LogP contribution in [-0.4, -0.2) is 49.7 Å². The Morgan fingerprint density at radius 2 is 2.00 bits per heavy atom. The van der Waals surface area contributed by atoms with E-state index in [1.165, 1.54) is 4.90 Å². The average molecular weight is 328 g/mol. The van der Waals surface area contributed by atoms with Crippen LogP contribution >= 0.6 is 0 Å². The van der Waals surface area contributed by atoms with Crippen LogP contribution in [0.5, 0.6) is 0 Å². The first-order valence-electron chi connectivity index (χ1n) is 7.98. The first-order valence-corrected chi connectivity index (χ1v) is 7.98. The Kier molecular flexibility index (Phi) is 4.09. The number of aryl methyl sites for hydroxylation is 1. The Bertz CT molecular complexity index is 771. The largest absolute Gasteiger partial charge is 0.481 e. The Balaban J connectivity index is 1.87. The number of aromatic nitrogens is 3. The van der Waals surface area contributed by atoms with Crippen molar-refractivity contribution >= 4 is 11.9 Å². The number of likely N-dealkylation sites (tertiary alicyclic amines) is 1. The number of hydrogen-bond acceptors (Lipinski definition) is 4. The van der Waals surface area contributed by atoms with E-state index in [4.69, 9.17) is 0 Å². The van der Waals surface area contributed by atoms with Gasteiger partial charge in [0, 0.05) is 19.5 Å². The fraction of sp³-hybridized carbons (Fsp3) is 0.412. The topological polar surface area (TPSA) is 88.3 Å². The molecule has 1 aliphatic rings. The van der Waals surface area contributed by atoms with Crippen LogP contribution in [0.2, 0.25) is 0 Å². The normalized spacial score (nSPS) is 20.3. The van der Waals surface area contributed by atoms with Gasteiger partial charge in [0.05, 0.1) is 11.1 Å². The van der Waals surface area contributed by atoms with Gasteiger partial charge >= 0.3 is 5.97 Å². The highest BCUT2D eigenvalue weighted by molar-refractivity contribution is 5.91. The van der Waals surface area contributed by atoms with Crippen LogP contribution in [0.25, 0.3) is 5.69 Å². The Labute approximate surface area is 139 Å². The third-order valence-electron chi connectivity index (χ3n) is 4.46. The predicted molar refractivity (Wildman–Crippen MR) is 87.0 cm³/mol. The van der Waals surface area contributed by atoms with Crippen LogP contribution in [-0.2, 0) is 11.2 Å². The van der Waals surface area contributed by atoms with Crippen LogP contribution in [0.15, 0.2) is 30.3 Å². The maximum Gasteiger partial charge on any atom is 0.311 e. The van der Waals surface area contributed by atoms with E-state index >= 15 is 0 Å². The zero-order chi connectivity index (χ0) is 17.3. The van der Waals surface area contributed by atoms with Crippen molar-refractivity contribution in [3.05, 3.63) is 42.0 Å². The Morgan fingerprint density at radius 3 is 2.58 bits per heavy atom. The summed E-state index contributed by atoms with van der Waals surface area (Å²) >= 11 is 0. The predicted octanol–water partition coefficient (Wildman–Crippen LogP) is 1.77. The molecule has 24 heavy (non-hydrogen) atoms. The lowest BCUT2D eigenvalue weighted by Crippen LogP contribution is -2.35. The standard InChI is InChI=1S/C17H20N4O3/c1-3-13-18-14(19-21(13)12-7-5-4-6-8-12)15(22)20-10-9-17(2,11-20)16(23)24/h4-8H,3,9-11H2,1-2H3,(H,23,24). The molecular weight excluding hydrogens is 308 g/mol. The number of hydrogen-bond donors (Lipinski definition) is 1. The van der Waals surface area contributed by atoms with Crippen molar-refractivity contribution in [1.82, 2.24) is 19.7 Å². The Hall–Kier alpha value is -2.70. The summed E-state index contributed by atoms with van der Waals surface area (Å²) in [5.41, 5.74) is -0.0525. The number of carboxylic acid groups (broad SMARTS) is 1. The lowest BCUT2D eigenvalue weighted by molar-refractivity contribution is -0.147. The van der Waals surface area contributed by atoms with E-state index in [1.54, 1.807) is 11.6 Å². The van der Waals surface area contributed by atoms with Gasteiger partial charge in [-0.1, -0.05) is 25.1 Å². The number of carbonyl (C=O) groups excluding carboxylic acids is 1. The molecular formula is C17H20N4O3. The zero-order valence-corrected chi connectivity index (χ0v) is 13.8. The number of aliphatic carboxylic acids is 1. The molecule has 0 spiro atoms. The fourth-order valence-corrected chi connectivity index (χ4v) is 2.89. The number of carbonyl (C=O) groups is 2. The molecule has 7 nitrogen and oxygen atoms in total. The molecule has 0 bridgehead atoms. The number of amides is 1. The summed E-state index contributed by atoms with van der Waals surface area (Å²) in [4.78, 5) is 29.9. The van der Waals surface area contributed by atoms with Gasteiger partial charge in [-0.2, -0.15) is 0 Å². The second-order valence-electron chi connectivity index (χ2n) is 6.30. The van der Waals surface area contributed by atoms with Gasteiger partial charge in [0.2, 0.25) is 5.82 Å². The molecule has 1 saturated heterocycles. The SMILES string of the molecule is CCc1nc(C(=O)N2CCC(C)(C(=O)O)C2)nn1-c1ccccc1. The van der Waals surface area contributed by atoms with Crippen LogP contribution in [0.3, 0.4) is 0 Å². The summed E-state index contributed by atoms with van der Waals surface area (Å²) in [6.45, 7) is 4.20. The summed E-state index contributed by atoms with van der Waals surface area (Å²) in [5.74, 6) is -0.380. The van der Waals surface area contributed by atoms with Gasteiger partial charge in [0.25, 0.3) is 5.91 Å². The third kappa shape index (κ3) is 2.77. The molecule has 1 aromatic carbocycles. The highest BCUT2D eigenvalue weighted by atomic mass is 16.4. The molecule has 1 amide bonds. The minimum Gasteiger partial charge on any atom is -0.481 e. The minimum absolute atomic E-state index is 0.116. The highest BCUT2D eigenvalue weighted by Gasteiger charge is 2.43. The van der Waals surface area contributed by atoms with Crippen LogP contribution in [0, 0.1) is 5.41 Å². The quantitative estimate of drug-likeness (QED) is 0.924. The Morgan fingerprint density at radius 1 is 1.29 bits per heavy atom. The van der Waals surface area contributed by atoms with Crippen LogP contribution in [0.1, 0.15) is 36.7 Å². The molecule has 1 aromatic heterocycles. The second-order valence-corrected chi connectivity index (χ2v) is 6.30. The van der Waals surface area contributed by atoms with Gasteiger partial charge in [-0.25, -0.2) is 9.67 Å². The van der Waals surface area contributed by atoms with E-state index in [1.807, 2.05) is 37.3 Å². The zero-order valence-electron chi connectivity index (χ0n) is 13.8. The third-order valence-corrected chi connectivity index (χ3v) is 4.46. The van der Waals surface area contributed by atoms with Crippen molar-refractivity contribution in [3.63, 3.8) is 0 Å². The molecule has 2 aromatic rings. The molecule has 126 valence electrons. The van der Waals surface area contributed by atoms with Crippen molar-refractivity contribution in [3.8, 4) is 5.69 Å². The van der Waals surface area contributed by atoms with E-state index in [0.29, 0.717) is 25.2 Å². The lowest BCUT2D eigenvalue weighted by atomic mass is 9.90. The first kappa shape index (κ1) is 16.2. The summed E-state index contributed by atoms with van der Waals surface area (Å²) in [7, 11) is 0. The molecule has 1 fully saturated rings. The van der Waals surface area contributed by atoms with Gasteiger partial charge < -0.3 is 10.0 Å². The van der Waals surface area contributed by atoms with E-state index in [2.05, 4.69) is 10.1 Å². The van der Waals surface area contributed by atoms with E-state index < -0.39 is 11.4 Å². The second kappa shape index (κ2) is 6.07. The summed E-state index contributed by atoms with van der Waals surface area (Å²) in [6, 6.07) is 9.52. The molecule has 1 N–H and O–H groups in total. The molecule has 7 heteroatoms. The van der Waals surface area contributed by atoms with E-state index in [-0.39, 0.29) is 18.3 Å². The van der Waals surface area contributed by atoms with Crippen molar-refractivity contribution in [2.24, 2.45) is 5.41 Å². The van der Waals surface area contributed by atoms with Crippen LogP contribution in [0.4, 0.5) is 0 Å². The molecule has 0 aliphatic carbocycles. The van der Waals surface area contributed by atoms with Crippen LogP contribution < -0.4 is 0 Å². The van der Waals surface area contributed by atoms with E-state index in [9.17, 15) is 14.7 Å². The van der Waals surface area contributed by atoms with Gasteiger partial charge in [-0.3, -0.25) is 9.59 Å². The minimum atomic E-state index is -0.898. The number of rotatable bonds is 4. The average Bonchev–Trinajstić information content (AvgIpc) is 3.20. The maximum atomic E-state index is 12.7. The van der Waals surface area contributed by atoms with Crippen molar-refractivity contribution in [2.75, 3.05) is 13.1 Å². The van der Waals surface area contributed by atoms with Gasteiger partial charge in [0.15, 0.2) is 0 Å². The number of para-hydroxylation sites is 1. The molecule has 1 unspecified atom stereocenters. The van der Waals surface area contributed by atoms with Gasteiger partial charge in [-0.15, -0.1) is 5.10 Å². The summed E-state index contributed by atoms with van der Waals surface area (Å²) in [6.07, 6.45) is 1.08. The van der Waals surface area contributed by atoms with Crippen molar-refractivity contribution in [2.45, 2.75) is 26.7 Å².